The Morgan fingerprint density at radius 2 is 1.94 bits per heavy atom. The fourth-order valence-corrected chi connectivity index (χ4v) is 4.13. The maximum atomic E-state index is 13.3. The molecule has 0 saturated heterocycles. The lowest BCUT2D eigenvalue weighted by Crippen LogP contribution is -2.20. The number of aromatic nitrogens is 2. The first-order valence-corrected chi connectivity index (χ1v) is 11.1. The molecule has 0 radical (unpaired) electrons. The van der Waals surface area contributed by atoms with Gasteiger partial charge in [0.1, 0.15) is 17.4 Å². The summed E-state index contributed by atoms with van der Waals surface area (Å²) in [6.07, 6.45) is 1.58. The normalized spacial score (nSPS) is 11.3. The molecule has 0 N–H and O–H groups in total. The zero-order valence-corrected chi connectivity index (χ0v) is 19.3. The molecule has 5 rings (SSSR count). The summed E-state index contributed by atoms with van der Waals surface area (Å²) >= 11 is 2.13. The number of fused-ring (bicyclic) bond motifs is 2. The number of furan rings is 1. The van der Waals surface area contributed by atoms with Gasteiger partial charge in [0.05, 0.1) is 20.7 Å². The Morgan fingerprint density at radius 1 is 1.12 bits per heavy atom. The predicted molar refractivity (Wildman–Crippen MR) is 134 cm³/mol. The highest BCUT2D eigenvalue weighted by Gasteiger charge is 2.16. The molecule has 3 aromatic carbocycles. The van der Waals surface area contributed by atoms with Crippen molar-refractivity contribution in [2.45, 2.75) is 0 Å². The van der Waals surface area contributed by atoms with Crippen LogP contribution in [0.1, 0.15) is 5.56 Å². The maximum Gasteiger partial charge on any atom is 0.282 e. The largest absolute Gasteiger partial charge is 0.478 e. The first-order chi connectivity index (χ1) is 16.1. The van der Waals surface area contributed by atoms with E-state index in [2.05, 4.69) is 32.7 Å². The Kier molecular flexibility index (Phi) is 5.62. The number of rotatable bonds is 5. The lowest BCUT2D eigenvalue weighted by Gasteiger charge is -2.08. The van der Waals surface area contributed by atoms with Crippen molar-refractivity contribution < 1.29 is 9.15 Å². The Labute approximate surface area is 201 Å². The lowest BCUT2D eigenvalue weighted by molar-refractivity contribution is 0.365. The molecule has 5 aromatic rings. The van der Waals surface area contributed by atoms with Crippen LogP contribution >= 0.6 is 22.6 Å². The van der Waals surface area contributed by atoms with E-state index in [1.807, 2.05) is 48.5 Å². The van der Waals surface area contributed by atoms with E-state index in [0.717, 1.165) is 14.5 Å². The molecule has 0 bridgehead atoms. The zero-order chi connectivity index (χ0) is 22.8. The van der Waals surface area contributed by atoms with Crippen molar-refractivity contribution in [2.24, 2.45) is 5.10 Å². The number of hydrogen-bond donors (Lipinski definition) is 0. The lowest BCUT2D eigenvalue weighted by atomic mass is 10.2. The van der Waals surface area contributed by atoms with E-state index < -0.39 is 0 Å². The van der Waals surface area contributed by atoms with Gasteiger partial charge in [-0.05, 0) is 70.6 Å². The van der Waals surface area contributed by atoms with Gasteiger partial charge in [-0.2, -0.15) is 15.0 Å². The molecule has 2 heterocycles. The van der Waals surface area contributed by atoms with Gasteiger partial charge >= 0.3 is 0 Å². The van der Waals surface area contributed by atoms with Crippen molar-refractivity contribution in [3.05, 3.63) is 92.3 Å². The summed E-state index contributed by atoms with van der Waals surface area (Å²) in [5.74, 6) is 1.38. The average Bonchev–Trinajstić information content (AvgIpc) is 3.27. The number of nitrogens with zero attached hydrogens (tertiary/aromatic N) is 4. The summed E-state index contributed by atoms with van der Waals surface area (Å²) in [5.41, 5.74) is 1.74. The van der Waals surface area contributed by atoms with Gasteiger partial charge < -0.3 is 9.15 Å². The van der Waals surface area contributed by atoms with E-state index in [0.29, 0.717) is 33.8 Å². The van der Waals surface area contributed by atoms with Gasteiger partial charge in [-0.1, -0.05) is 30.3 Å². The van der Waals surface area contributed by atoms with E-state index in [9.17, 15) is 4.79 Å². The van der Waals surface area contributed by atoms with Crippen LogP contribution in [0.2, 0.25) is 0 Å². The number of halogens is 1. The van der Waals surface area contributed by atoms with Crippen molar-refractivity contribution in [1.82, 2.24) is 9.66 Å². The number of ether oxygens (including phenoxy) is 1. The minimum Gasteiger partial charge on any atom is -0.478 e. The highest BCUT2D eigenvalue weighted by atomic mass is 127. The molecule has 7 nitrogen and oxygen atoms in total. The number of hydrogen-bond acceptors (Lipinski definition) is 6. The van der Waals surface area contributed by atoms with Crippen LogP contribution in [0, 0.1) is 14.9 Å². The molecule has 0 aliphatic carbocycles. The Balaban J connectivity index is 1.63. The van der Waals surface area contributed by atoms with Crippen LogP contribution in [0.3, 0.4) is 0 Å². The van der Waals surface area contributed by atoms with Crippen LogP contribution in [-0.2, 0) is 0 Å². The first kappa shape index (κ1) is 20.9. The number of nitriles is 1. The summed E-state index contributed by atoms with van der Waals surface area (Å²) in [5, 5.41) is 14.5. The zero-order valence-electron chi connectivity index (χ0n) is 17.1. The van der Waals surface area contributed by atoms with E-state index in [-0.39, 0.29) is 12.2 Å². The second kappa shape index (κ2) is 8.88. The van der Waals surface area contributed by atoms with Crippen molar-refractivity contribution in [1.29, 1.82) is 5.26 Å². The molecule has 0 saturated carbocycles. The van der Waals surface area contributed by atoms with Crippen LogP contribution in [0.25, 0.3) is 33.5 Å². The fraction of sp³-hybridized carbons (Fsp3) is 0.0400. The molecule has 0 fully saturated rings. The Hall–Kier alpha value is -3.97. The summed E-state index contributed by atoms with van der Waals surface area (Å²) in [6.45, 7) is -0.0253. The Morgan fingerprint density at radius 3 is 2.76 bits per heavy atom. The van der Waals surface area contributed by atoms with Crippen molar-refractivity contribution in [2.75, 3.05) is 6.61 Å². The molecule has 0 aliphatic heterocycles. The second-order valence-electron chi connectivity index (χ2n) is 7.10. The molecule has 160 valence electrons. The van der Waals surface area contributed by atoms with Crippen molar-refractivity contribution >= 4 is 50.7 Å². The molecular weight excluding hydrogens is 531 g/mol. The van der Waals surface area contributed by atoms with Gasteiger partial charge in [0.25, 0.3) is 5.56 Å². The molecular formula is C25H15IN4O3. The van der Waals surface area contributed by atoms with Crippen LogP contribution in [0.15, 0.2) is 87.1 Å². The smallest absolute Gasteiger partial charge is 0.282 e. The number of benzene rings is 3. The van der Waals surface area contributed by atoms with Gasteiger partial charge in [-0.15, -0.1) is 0 Å². The van der Waals surface area contributed by atoms with E-state index in [1.165, 1.54) is 4.68 Å². The fourth-order valence-electron chi connectivity index (χ4n) is 3.43. The van der Waals surface area contributed by atoms with Crippen LogP contribution in [-0.4, -0.2) is 22.5 Å². The quantitative estimate of drug-likeness (QED) is 0.223. The average molecular weight is 546 g/mol. The molecule has 2 aromatic heterocycles. The SMILES string of the molecule is N#CCOc1ccc(C=Nn2c(-c3cc4ccccc4o3)nc3ccccc3c2=O)cc1I. The second-order valence-corrected chi connectivity index (χ2v) is 8.26. The van der Waals surface area contributed by atoms with Crippen LogP contribution in [0.5, 0.6) is 5.75 Å². The molecule has 0 spiro atoms. The van der Waals surface area contributed by atoms with Crippen molar-refractivity contribution in [3.63, 3.8) is 0 Å². The van der Waals surface area contributed by atoms with Gasteiger partial charge in [-0.3, -0.25) is 4.79 Å². The molecule has 0 aliphatic rings. The molecule has 8 heteroatoms. The monoisotopic (exact) mass is 546 g/mol. The van der Waals surface area contributed by atoms with Gasteiger partial charge in [-0.25, -0.2) is 4.98 Å². The molecule has 0 atom stereocenters. The van der Waals surface area contributed by atoms with E-state index in [1.54, 1.807) is 36.5 Å². The van der Waals surface area contributed by atoms with Gasteiger partial charge in [0.2, 0.25) is 5.82 Å². The third-order valence-corrected chi connectivity index (χ3v) is 5.81. The highest BCUT2D eigenvalue weighted by Crippen LogP contribution is 2.27. The summed E-state index contributed by atoms with van der Waals surface area (Å²) in [4.78, 5) is 18.0. The highest BCUT2D eigenvalue weighted by molar-refractivity contribution is 14.1. The molecule has 0 amide bonds. The van der Waals surface area contributed by atoms with Crippen LogP contribution < -0.4 is 10.3 Å². The Bertz CT molecular complexity index is 1600. The minimum atomic E-state index is -0.295. The summed E-state index contributed by atoms with van der Waals surface area (Å²) in [6, 6.07) is 24.0. The van der Waals surface area contributed by atoms with Crippen LogP contribution in [0.4, 0.5) is 0 Å². The van der Waals surface area contributed by atoms with E-state index >= 15 is 0 Å². The standard InChI is InChI=1S/C25H15IN4O3/c26-19-13-16(9-10-22(19)32-12-11-27)15-28-30-24(23-14-17-5-1-4-8-21(17)33-23)29-20-7-3-2-6-18(20)25(30)31/h1-10,13-15H,12H2. The summed E-state index contributed by atoms with van der Waals surface area (Å²) in [7, 11) is 0. The maximum absolute atomic E-state index is 13.3. The third-order valence-electron chi connectivity index (χ3n) is 4.97. The molecule has 33 heavy (non-hydrogen) atoms. The van der Waals surface area contributed by atoms with Gasteiger partial charge in [0.15, 0.2) is 12.4 Å². The number of para-hydroxylation sites is 2. The first-order valence-electron chi connectivity index (χ1n) is 9.98. The topological polar surface area (TPSA) is 93.4 Å². The predicted octanol–water partition coefficient (Wildman–Crippen LogP) is 5.20. The summed E-state index contributed by atoms with van der Waals surface area (Å²) < 4.78 is 13.5. The minimum absolute atomic E-state index is 0.0253. The van der Waals surface area contributed by atoms with E-state index in [4.69, 9.17) is 14.4 Å². The third kappa shape index (κ3) is 4.10. The molecule has 0 unspecified atom stereocenters. The van der Waals surface area contributed by atoms with Crippen molar-refractivity contribution in [3.8, 4) is 23.4 Å². The van der Waals surface area contributed by atoms with Gasteiger partial charge in [0, 0.05) is 5.39 Å².